The Hall–Kier alpha value is -2.50. The molecule has 1 aliphatic rings. The predicted molar refractivity (Wildman–Crippen MR) is 156 cm³/mol. The van der Waals surface area contributed by atoms with E-state index in [-0.39, 0.29) is 17.3 Å². The molecule has 0 amide bonds. The van der Waals surface area contributed by atoms with Crippen molar-refractivity contribution in [3.05, 3.63) is 93.0 Å². The fourth-order valence-corrected chi connectivity index (χ4v) is 5.84. The summed E-state index contributed by atoms with van der Waals surface area (Å²) in [5, 5.41) is 6.96. The third-order valence-corrected chi connectivity index (χ3v) is 7.97. The van der Waals surface area contributed by atoms with Crippen LogP contribution < -0.4 is 5.32 Å². The number of likely N-dealkylation sites (tertiary alicyclic amines) is 1. The first-order chi connectivity index (χ1) is 17.7. The number of nitrogens with zero attached hydrogens (tertiary/aromatic N) is 3. The van der Waals surface area contributed by atoms with Gasteiger partial charge in [-0.05, 0) is 49.1 Å². The monoisotopic (exact) mass is 540 g/mol. The SMILES string of the molecule is C=C=C(CCC)/C(=C(\CN1CC(C)(C)CCC1C=C)NCc1nccs1)C(N=C)c1ccc(F)cc1Cl. The zero-order valence-electron chi connectivity index (χ0n) is 22.2. The van der Waals surface area contributed by atoms with Gasteiger partial charge in [-0.15, -0.1) is 23.6 Å². The molecule has 0 aliphatic carbocycles. The van der Waals surface area contributed by atoms with Crippen molar-refractivity contribution in [3.63, 3.8) is 0 Å². The molecule has 2 unspecified atom stereocenters. The quantitative estimate of drug-likeness (QED) is 0.129. The second kappa shape index (κ2) is 13.3. The van der Waals surface area contributed by atoms with Crippen LogP contribution in [-0.2, 0) is 6.54 Å². The molecule has 37 heavy (non-hydrogen) atoms. The Morgan fingerprint density at radius 3 is 2.84 bits per heavy atom. The van der Waals surface area contributed by atoms with Gasteiger partial charge in [-0.25, -0.2) is 9.37 Å². The Balaban J connectivity index is 2.19. The highest BCUT2D eigenvalue weighted by Crippen LogP contribution is 2.39. The summed E-state index contributed by atoms with van der Waals surface area (Å²) < 4.78 is 14.0. The molecule has 2 heterocycles. The van der Waals surface area contributed by atoms with E-state index >= 15 is 0 Å². The summed E-state index contributed by atoms with van der Waals surface area (Å²) in [7, 11) is 0. The fourth-order valence-electron chi connectivity index (χ4n) is 5.02. The molecule has 0 bridgehead atoms. The lowest BCUT2D eigenvalue weighted by Gasteiger charge is -2.43. The maximum atomic E-state index is 14.0. The molecule has 1 saturated heterocycles. The molecule has 2 atom stereocenters. The molecule has 0 radical (unpaired) electrons. The van der Waals surface area contributed by atoms with E-state index in [4.69, 9.17) is 11.6 Å². The highest BCUT2D eigenvalue weighted by Gasteiger charge is 2.33. The molecule has 3 rings (SSSR count). The van der Waals surface area contributed by atoms with E-state index in [1.807, 2.05) is 17.7 Å². The van der Waals surface area contributed by atoms with Gasteiger partial charge in [0.25, 0.3) is 0 Å². The van der Waals surface area contributed by atoms with E-state index in [9.17, 15) is 4.39 Å². The molecule has 0 spiro atoms. The number of piperidine rings is 1. The van der Waals surface area contributed by atoms with E-state index in [0.29, 0.717) is 23.7 Å². The highest BCUT2D eigenvalue weighted by molar-refractivity contribution is 7.09. The van der Waals surface area contributed by atoms with Crippen molar-refractivity contribution in [2.24, 2.45) is 10.4 Å². The third-order valence-electron chi connectivity index (χ3n) is 6.86. The average molecular weight is 541 g/mol. The van der Waals surface area contributed by atoms with Crippen LogP contribution in [0.25, 0.3) is 0 Å². The van der Waals surface area contributed by atoms with Crippen LogP contribution in [0.1, 0.15) is 63.1 Å². The number of benzene rings is 1. The number of nitrogens with one attached hydrogen (secondary N) is 1. The van der Waals surface area contributed by atoms with Crippen molar-refractivity contribution >= 4 is 29.7 Å². The fraction of sp³-hybridized carbons (Fsp3) is 0.433. The van der Waals surface area contributed by atoms with E-state index in [1.165, 1.54) is 12.1 Å². The van der Waals surface area contributed by atoms with Crippen molar-refractivity contribution in [3.8, 4) is 0 Å². The lowest BCUT2D eigenvalue weighted by molar-refractivity contribution is 0.0918. The first kappa shape index (κ1) is 29.1. The molecule has 0 saturated carbocycles. The predicted octanol–water partition coefficient (Wildman–Crippen LogP) is 7.91. The van der Waals surface area contributed by atoms with Crippen LogP contribution in [0.15, 0.2) is 76.6 Å². The Labute approximate surface area is 230 Å². The third kappa shape index (κ3) is 7.52. The van der Waals surface area contributed by atoms with Gasteiger partial charge in [-0.1, -0.05) is 57.5 Å². The van der Waals surface area contributed by atoms with Gasteiger partial charge in [0.05, 0.1) is 6.54 Å². The normalized spacial score (nSPS) is 18.9. The number of hydrogen-bond acceptors (Lipinski definition) is 5. The van der Waals surface area contributed by atoms with Crippen LogP contribution in [0.3, 0.4) is 0 Å². The summed E-state index contributed by atoms with van der Waals surface area (Å²) >= 11 is 8.17. The van der Waals surface area contributed by atoms with Crippen molar-refractivity contribution in [1.29, 1.82) is 0 Å². The van der Waals surface area contributed by atoms with Gasteiger partial charge in [-0.3, -0.25) is 9.89 Å². The van der Waals surface area contributed by atoms with Crippen LogP contribution >= 0.6 is 22.9 Å². The number of hydrogen-bond donors (Lipinski definition) is 1. The molecule has 1 fully saturated rings. The first-order valence-corrected chi connectivity index (χ1v) is 14.0. The lowest BCUT2D eigenvalue weighted by Crippen LogP contribution is -2.48. The van der Waals surface area contributed by atoms with Gasteiger partial charge in [0.2, 0.25) is 0 Å². The standard InChI is InChI=1S/C30H38ClFN4S/c1-7-10-21(8-2)28(29(33-6)24-12-11-22(32)17-25(24)31)26(35-18-27-34-15-16-37-27)19-36-20-30(4,5)14-13-23(36)9-3/h9,11-12,15-17,23,29,35H,2-3,6-7,10,13-14,18-20H2,1,4-5H3/b28-26-. The van der Waals surface area contributed by atoms with Gasteiger partial charge < -0.3 is 5.32 Å². The maximum Gasteiger partial charge on any atom is 0.124 e. The van der Waals surface area contributed by atoms with Gasteiger partial charge in [0.15, 0.2) is 0 Å². The first-order valence-electron chi connectivity index (χ1n) is 12.7. The van der Waals surface area contributed by atoms with Gasteiger partial charge in [0.1, 0.15) is 16.9 Å². The van der Waals surface area contributed by atoms with Crippen LogP contribution in [0, 0.1) is 11.2 Å². The van der Waals surface area contributed by atoms with E-state index < -0.39 is 6.04 Å². The summed E-state index contributed by atoms with van der Waals surface area (Å²) in [4.78, 5) is 11.5. The number of halogens is 2. The number of aromatic nitrogens is 1. The summed E-state index contributed by atoms with van der Waals surface area (Å²) in [5.74, 6) is -0.387. The van der Waals surface area contributed by atoms with Crippen molar-refractivity contribution in [1.82, 2.24) is 15.2 Å². The van der Waals surface area contributed by atoms with Crippen LogP contribution in [-0.4, -0.2) is 35.7 Å². The van der Waals surface area contributed by atoms with Crippen molar-refractivity contribution in [2.45, 2.75) is 65.1 Å². The zero-order chi connectivity index (χ0) is 27.0. The Kier molecular flexibility index (Phi) is 10.5. The minimum Gasteiger partial charge on any atom is -0.380 e. The second-order valence-corrected chi connectivity index (χ2v) is 11.6. The van der Waals surface area contributed by atoms with Gasteiger partial charge in [-0.2, -0.15) is 0 Å². The van der Waals surface area contributed by atoms with Gasteiger partial charge >= 0.3 is 0 Å². The summed E-state index contributed by atoms with van der Waals surface area (Å²) in [6, 6.07) is 4.18. The Morgan fingerprint density at radius 1 is 1.46 bits per heavy atom. The molecule has 1 aromatic carbocycles. The van der Waals surface area contributed by atoms with Crippen LogP contribution in [0.2, 0.25) is 5.02 Å². The minimum atomic E-state index is -0.511. The molecule has 198 valence electrons. The molecule has 2 aromatic rings. The second-order valence-electron chi connectivity index (χ2n) is 10.2. The smallest absolute Gasteiger partial charge is 0.124 e. The molecule has 1 N–H and O–H groups in total. The minimum absolute atomic E-state index is 0.191. The zero-order valence-corrected chi connectivity index (χ0v) is 23.8. The molecular weight excluding hydrogens is 503 g/mol. The summed E-state index contributed by atoms with van der Waals surface area (Å²) in [6.45, 7) is 21.0. The van der Waals surface area contributed by atoms with E-state index in [0.717, 1.165) is 54.1 Å². The largest absolute Gasteiger partial charge is 0.380 e. The molecule has 1 aromatic heterocycles. The molecule has 1 aliphatic heterocycles. The summed E-state index contributed by atoms with van der Waals surface area (Å²) in [5.41, 5.74) is 6.96. The number of thiazole rings is 1. The molecule has 4 nitrogen and oxygen atoms in total. The van der Waals surface area contributed by atoms with Crippen LogP contribution in [0.5, 0.6) is 0 Å². The topological polar surface area (TPSA) is 40.5 Å². The number of aliphatic imine (C=N–C) groups is 1. The van der Waals surface area contributed by atoms with Crippen molar-refractivity contribution < 1.29 is 4.39 Å². The lowest BCUT2D eigenvalue weighted by atomic mass is 9.81. The molecule has 7 heteroatoms. The van der Waals surface area contributed by atoms with Crippen molar-refractivity contribution in [2.75, 3.05) is 13.1 Å². The molecular formula is C30H38ClFN4S. The van der Waals surface area contributed by atoms with E-state index in [2.05, 4.69) is 66.6 Å². The van der Waals surface area contributed by atoms with E-state index in [1.54, 1.807) is 17.4 Å². The average Bonchev–Trinajstić information content (AvgIpc) is 3.38. The Morgan fingerprint density at radius 2 is 2.24 bits per heavy atom. The highest BCUT2D eigenvalue weighted by atomic mass is 35.5. The van der Waals surface area contributed by atoms with Crippen LogP contribution in [0.4, 0.5) is 4.39 Å². The van der Waals surface area contributed by atoms with Gasteiger partial charge in [0, 0.05) is 52.6 Å². The maximum absolute atomic E-state index is 14.0. The number of rotatable bonds is 12. The summed E-state index contributed by atoms with van der Waals surface area (Å²) in [6.07, 6.45) is 7.73. The Bertz CT molecular complexity index is 1160.